The van der Waals surface area contributed by atoms with E-state index in [0.29, 0.717) is 0 Å². The van der Waals surface area contributed by atoms with Gasteiger partial charge in [-0.1, -0.05) is 36.4 Å². The maximum atomic E-state index is 4.91. The molecule has 0 amide bonds. The highest BCUT2D eigenvalue weighted by atomic mass is 32.1. The van der Waals surface area contributed by atoms with Crippen molar-refractivity contribution in [3.63, 3.8) is 0 Å². The molecule has 0 bridgehead atoms. The van der Waals surface area contributed by atoms with Gasteiger partial charge >= 0.3 is 0 Å². The summed E-state index contributed by atoms with van der Waals surface area (Å²) in [5.74, 6) is 0. The Balaban J connectivity index is 1.12. The van der Waals surface area contributed by atoms with Crippen molar-refractivity contribution in [3.8, 4) is 11.3 Å². The summed E-state index contributed by atoms with van der Waals surface area (Å²) < 4.78 is 0. The molecule has 0 unspecified atom stereocenters. The molecule has 0 spiro atoms. The van der Waals surface area contributed by atoms with Gasteiger partial charge in [0.2, 0.25) is 0 Å². The average molecular weight is 528 g/mol. The van der Waals surface area contributed by atoms with Crippen LogP contribution >= 0.6 is 11.3 Å². The lowest BCUT2D eigenvalue weighted by atomic mass is 9.79. The van der Waals surface area contributed by atoms with Gasteiger partial charge in [-0.15, -0.1) is 17.9 Å². The molecule has 1 aliphatic carbocycles. The molecule has 5 nitrogen and oxygen atoms in total. The second-order valence-corrected chi connectivity index (χ2v) is 12.3. The number of pyridine rings is 1. The first-order valence-corrected chi connectivity index (χ1v) is 14.7. The Morgan fingerprint density at radius 1 is 1.05 bits per heavy atom. The smallest absolute Gasteiger partial charge is 0.107 e. The molecule has 200 valence electrons. The number of fused-ring (bicyclic) bond motifs is 1. The van der Waals surface area contributed by atoms with Gasteiger partial charge in [-0.3, -0.25) is 4.98 Å². The van der Waals surface area contributed by atoms with Crippen molar-refractivity contribution in [1.82, 2.24) is 25.1 Å². The van der Waals surface area contributed by atoms with Gasteiger partial charge in [0, 0.05) is 67.8 Å². The van der Waals surface area contributed by atoms with E-state index in [0.717, 1.165) is 93.3 Å². The lowest BCUT2D eigenvalue weighted by Crippen LogP contribution is -2.43. The molecule has 0 atom stereocenters. The average Bonchev–Trinajstić information content (AvgIpc) is 3.52. The van der Waals surface area contributed by atoms with Crippen LogP contribution in [0.2, 0.25) is 0 Å². The number of allylic oxidation sites excluding steroid dienone is 2. The summed E-state index contributed by atoms with van der Waals surface area (Å²) in [4.78, 5) is 14.4. The fourth-order valence-electron chi connectivity index (χ4n) is 5.96. The van der Waals surface area contributed by atoms with Gasteiger partial charge in [-0.05, 0) is 74.8 Å². The Morgan fingerprint density at radius 2 is 1.79 bits per heavy atom. The largest absolute Gasteiger partial charge is 0.373 e. The van der Waals surface area contributed by atoms with Crippen LogP contribution in [0.25, 0.3) is 11.3 Å². The van der Waals surface area contributed by atoms with Crippen molar-refractivity contribution in [1.29, 1.82) is 0 Å². The molecule has 0 saturated carbocycles. The Hall–Kier alpha value is -2.80. The van der Waals surface area contributed by atoms with Gasteiger partial charge in [0.15, 0.2) is 0 Å². The summed E-state index contributed by atoms with van der Waals surface area (Å²) >= 11 is 1.72. The van der Waals surface area contributed by atoms with Crippen molar-refractivity contribution in [2.45, 2.75) is 45.6 Å². The van der Waals surface area contributed by atoms with Crippen LogP contribution in [0, 0.1) is 5.41 Å². The van der Waals surface area contributed by atoms with E-state index in [1.54, 1.807) is 11.3 Å². The zero-order valence-corrected chi connectivity index (χ0v) is 23.8. The first-order valence-electron chi connectivity index (χ1n) is 13.8. The monoisotopic (exact) mass is 527 g/mol. The molecular weight excluding hydrogens is 486 g/mol. The van der Waals surface area contributed by atoms with E-state index in [1.165, 1.54) is 22.4 Å². The number of piperazine rings is 1. The topological polar surface area (TPSA) is 44.3 Å². The molecule has 1 saturated heterocycles. The highest BCUT2D eigenvalue weighted by Gasteiger charge is 2.36. The van der Waals surface area contributed by atoms with E-state index >= 15 is 0 Å². The van der Waals surface area contributed by atoms with Gasteiger partial charge in [-0.25, -0.2) is 4.98 Å². The number of rotatable bonds is 11. The van der Waals surface area contributed by atoms with Crippen LogP contribution in [-0.4, -0.2) is 59.5 Å². The SMILES string of the molecule is C=C(C)CC1(CNCc2nc(-c3ccc(CCC(=C)N4CCN(C)CC4)nc3)cs2)Cc2ccccc2C1. The number of aryl methyl sites for hydroxylation is 1. The lowest BCUT2D eigenvalue weighted by molar-refractivity contribution is 0.183. The number of likely N-dealkylation sites (N-methyl/N-ethyl adjacent to an activating group) is 1. The summed E-state index contributed by atoms with van der Waals surface area (Å²) in [6.07, 6.45) is 7.14. The van der Waals surface area contributed by atoms with Crippen LogP contribution in [0.15, 0.2) is 72.4 Å². The van der Waals surface area contributed by atoms with Crippen molar-refractivity contribution in [3.05, 3.63) is 94.2 Å². The second-order valence-electron chi connectivity index (χ2n) is 11.4. The molecule has 3 heterocycles. The number of nitrogens with zero attached hydrogens (tertiary/aromatic N) is 4. The molecule has 1 aromatic carbocycles. The number of hydrogen-bond acceptors (Lipinski definition) is 6. The number of thiazole rings is 1. The van der Waals surface area contributed by atoms with Crippen LogP contribution in [0.3, 0.4) is 0 Å². The Kier molecular flexibility index (Phi) is 8.42. The minimum absolute atomic E-state index is 0.213. The third-order valence-corrected chi connectivity index (χ3v) is 8.84. The highest BCUT2D eigenvalue weighted by molar-refractivity contribution is 7.09. The first kappa shape index (κ1) is 26.8. The molecular formula is C32H41N5S. The fraction of sp³-hybridized carbons (Fsp3) is 0.438. The molecule has 0 radical (unpaired) electrons. The molecule has 1 fully saturated rings. The third-order valence-electron chi connectivity index (χ3n) is 7.99. The van der Waals surface area contributed by atoms with E-state index in [2.05, 4.69) is 84.0 Å². The van der Waals surface area contributed by atoms with Crippen LogP contribution in [0.4, 0.5) is 0 Å². The third kappa shape index (κ3) is 6.60. The van der Waals surface area contributed by atoms with Gasteiger partial charge in [0.1, 0.15) is 5.01 Å². The summed E-state index contributed by atoms with van der Waals surface area (Å²) in [7, 11) is 2.18. The maximum Gasteiger partial charge on any atom is 0.107 e. The summed E-state index contributed by atoms with van der Waals surface area (Å²) in [6.45, 7) is 16.8. The Labute approximate surface area is 232 Å². The normalized spacial score (nSPS) is 16.9. The van der Waals surface area contributed by atoms with Gasteiger partial charge in [0.25, 0.3) is 0 Å². The van der Waals surface area contributed by atoms with E-state index in [4.69, 9.17) is 9.97 Å². The molecule has 1 N–H and O–H groups in total. The van der Waals surface area contributed by atoms with Crippen molar-refractivity contribution in [2.24, 2.45) is 5.41 Å². The number of hydrogen-bond donors (Lipinski definition) is 1. The molecule has 38 heavy (non-hydrogen) atoms. The number of benzene rings is 1. The Morgan fingerprint density at radius 3 is 2.45 bits per heavy atom. The minimum Gasteiger partial charge on any atom is -0.373 e. The first-order chi connectivity index (χ1) is 18.4. The molecule has 3 aromatic rings. The predicted molar refractivity (Wildman–Crippen MR) is 159 cm³/mol. The summed E-state index contributed by atoms with van der Waals surface area (Å²) in [6, 6.07) is 13.2. The molecule has 1 aliphatic heterocycles. The maximum absolute atomic E-state index is 4.91. The van der Waals surface area contributed by atoms with Gasteiger partial charge < -0.3 is 15.1 Å². The quantitative estimate of drug-likeness (QED) is 0.322. The predicted octanol–water partition coefficient (Wildman–Crippen LogP) is 5.74. The van der Waals surface area contributed by atoms with E-state index < -0.39 is 0 Å². The fourth-order valence-corrected chi connectivity index (χ4v) is 6.73. The van der Waals surface area contributed by atoms with E-state index in [9.17, 15) is 0 Å². The van der Waals surface area contributed by atoms with Crippen molar-refractivity contribution in [2.75, 3.05) is 39.8 Å². The van der Waals surface area contributed by atoms with Crippen molar-refractivity contribution < 1.29 is 0 Å². The van der Waals surface area contributed by atoms with Crippen LogP contribution < -0.4 is 5.32 Å². The molecule has 2 aliphatic rings. The summed E-state index contributed by atoms with van der Waals surface area (Å²) in [5.41, 5.74) is 8.89. The Bertz CT molecular complexity index is 1230. The van der Waals surface area contributed by atoms with Crippen LogP contribution in [0.5, 0.6) is 0 Å². The van der Waals surface area contributed by atoms with E-state index in [1.807, 2.05) is 6.20 Å². The van der Waals surface area contributed by atoms with Gasteiger partial charge in [0.05, 0.1) is 5.69 Å². The van der Waals surface area contributed by atoms with E-state index in [-0.39, 0.29) is 5.41 Å². The second kappa shape index (κ2) is 11.9. The summed E-state index contributed by atoms with van der Waals surface area (Å²) in [5, 5.41) is 7.00. The minimum atomic E-state index is 0.213. The molecule has 2 aromatic heterocycles. The van der Waals surface area contributed by atoms with Crippen LogP contribution in [-0.2, 0) is 25.8 Å². The highest BCUT2D eigenvalue weighted by Crippen LogP contribution is 2.41. The van der Waals surface area contributed by atoms with Gasteiger partial charge in [-0.2, -0.15) is 0 Å². The lowest BCUT2D eigenvalue weighted by Gasteiger charge is -2.35. The molecule has 6 heteroatoms. The number of nitrogens with one attached hydrogen (secondary N) is 1. The standard InChI is InChI=1S/C32H41N5S/c1-24(2)17-32(18-26-7-5-6-8-27(26)19-32)23-33-21-31-35-30(22-38-31)28-10-12-29(34-20-28)11-9-25(3)37-15-13-36(4)14-16-37/h5-8,10,12,20,22,33H,1,3,9,11,13-19,21,23H2,2,4H3. The van der Waals surface area contributed by atoms with Crippen LogP contribution in [0.1, 0.15) is 41.6 Å². The molecule has 5 rings (SSSR count). The zero-order chi connectivity index (χ0) is 26.5. The zero-order valence-electron chi connectivity index (χ0n) is 23.0. The van der Waals surface area contributed by atoms with Crippen molar-refractivity contribution >= 4 is 11.3 Å². The number of aromatic nitrogens is 2.